The fraction of sp³-hybridized carbons (Fsp3) is 0.154. The molecule has 2 aromatic carbocycles. The second-order valence-electron chi connectivity index (χ2n) is 6.97. The van der Waals surface area contributed by atoms with E-state index in [1.165, 1.54) is 0 Å². The lowest BCUT2D eigenvalue weighted by Crippen LogP contribution is -2.03. The van der Waals surface area contributed by atoms with Gasteiger partial charge in [-0.3, -0.25) is 0 Å². The Morgan fingerprint density at radius 2 is 1.66 bits per heavy atom. The minimum atomic E-state index is 0.792. The van der Waals surface area contributed by atoms with Crippen LogP contribution in [0.2, 0.25) is 0 Å². The number of hydrogen-bond donors (Lipinski definition) is 0. The van der Waals surface area contributed by atoms with Gasteiger partial charge in [-0.1, -0.05) is 66.8 Å². The topological polar surface area (TPSA) is 35.0 Å². The van der Waals surface area contributed by atoms with Gasteiger partial charge >= 0.3 is 0 Å². The number of rotatable bonds is 5. The number of ether oxygens (including phenoxy) is 1. The van der Waals surface area contributed by atoms with E-state index < -0.39 is 0 Å². The Morgan fingerprint density at radius 3 is 2.41 bits per heavy atom. The Morgan fingerprint density at radius 1 is 0.862 bits per heavy atom. The predicted octanol–water partition coefficient (Wildman–Crippen LogP) is 6.36. The van der Waals surface area contributed by atoms with Crippen LogP contribution in [-0.4, -0.2) is 17.1 Å². The molecule has 0 atom stereocenters. The van der Waals surface area contributed by atoms with Gasteiger partial charge in [-0.05, 0) is 49.1 Å². The van der Waals surface area contributed by atoms with Crippen LogP contribution < -0.4 is 4.74 Å². The average Bonchev–Trinajstić information content (AvgIpc) is 2.79. The molecule has 0 unspecified atom stereocenters. The molecular weight excluding hydrogens is 356 g/mol. The smallest absolute Gasteiger partial charge is 0.128 e. The van der Waals surface area contributed by atoms with Gasteiger partial charge in [0.2, 0.25) is 0 Å². The zero-order valence-electron chi connectivity index (χ0n) is 16.8. The molecule has 0 saturated heterocycles. The summed E-state index contributed by atoms with van der Waals surface area (Å²) >= 11 is 0. The molecule has 1 heterocycles. The zero-order chi connectivity index (χ0) is 20.1. The maximum absolute atomic E-state index is 5.59. The standard InChI is InChI=1S/C26H24N2O/c1-19-25(21-13-7-4-8-14-21)28-23(18-17-20-11-5-3-6-12-20)26(27-19)22-15-9-10-16-24(22)29-2/h3,5-7,9-18H,4,8H2,1-2H3/b18-17+. The third-order valence-electron chi connectivity index (χ3n) is 4.96. The highest BCUT2D eigenvalue weighted by molar-refractivity contribution is 5.82. The lowest BCUT2D eigenvalue weighted by atomic mass is 10.0. The summed E-state index contributed by atoms with van der Waals surface area (Å²) in [4.78, 5) is 10.0. The highest BCUT2D eigenvalue weighted by atomic mass is 16.5. The monoisotopic (exact) mass is 380 g/mol. The van der Waals surface area contributed by atoms with Crippen molar-refractivity contribution in [1.82, 2.24) is 9.97 Å². The first-order valence-electron chi connectivity index (χ1n) is 9.88. The van der Waals surface area contributed by atoms with Crippen LogP contribution in [0, 0.1) is 6.92 Å². The van der Waals surface area contributed by atoms with E-state index in [9.17, 15) is 0 Å². The molecule has 0 aliphatic heterocycles. The minimum Gasteiger partial charge on any atom is -0.496 e. The second-order valence-corrected chi connectivity index (χ2v) is 6.97. The normalized spacial score (nSPS) is 13.5. The molecular formula is C26H24N2O. The second kappa shape index (κ2) is 8.70. The molecule has 0 amide bonds. The van der Waals surface area contributed by atoms with Crippen molar-refractivity contribution in [1.29, 1.82) is 0 Å². The lowest BCUT2D eigenvalue weighted by molar-refractivity contribution is 0.416. The fourth-order valence-electron chi connectivity index (χ4n) is 3.49. The molecule has 3 aromatic rings. The van der Waals surface area contributed by atoms with Gasteiger partial charge < -0.3 is 4.74 Å². The largest absolute Gasteiger partial charge is 0.496 e. The number of aryl methyl sites for hydroxylation is 1. The Balaban J connectivity index is 1.87. The molecule has 3 heteroatoms. The predicted molar refractivity (Wildman–Crippen MR) is 120 cm³/mol. The van der Waals surface area contributed by atoms with Crippen LogP contribution in [0.3, 0.4) is 0 Å². The molecule has 0 bridgehead atoms. The molecule has 1 aliphatic carbocycles. The van der Waals surface area contributed by atoms with E-state index in [1.54, 1.807) is 7.11 Å². The van der Waals surface area contributed by atoms with Crippen molar-refractivity contribution in [3.8, 4) is 17.0 Å². The van der Waals surface area contributed by atoms with E-state index in [0.717, 1.165) is 58.1 Å². The molecule has 0 radical (unpaired) electrons. The van der Waals surface area contributed by atoms with Crippen molar-refractivity contribution in [3.63, 3.8) is 0 Å². The summed E-state index contributed by atoms with van der Waals surface area (Å²) < 4.78 is 5.59. The van der Waals surface area contributed by atoms with E-state index in [-0.39, 0.29) is 0 Å². The summed E-state index contributed by atoms with van der Waals surface area (Å²) in [5.41, 5.74) is 6.72. The van der Waals surface area contributed by atoms with Crippen LogP contribution in [0.4, 0.5) is 0 Å². The first-order chi connectivity index (χ1) is 14.3. The van der Waals surface area contributed by atoms with Crippen molar-refractivity contribution in [2.45, 2.75) is 19.8 Å². The van der Waals surface area contributed by atoms with Gasteiger partial charge in [0.15, 0.2) is 0 Å². The third kappa shape index (κ3) is 4.19. The van der Waals surface area contributed by atoms with E-state index >= 15 is 0 Å². The highest BCUT2D eigenvalue weighted by Crippen LogP contribution is 2.33. The number of benzene rings is 2. The Labute approximate surface area is 172 Å². The number of hydrogen-bond acceptors (Lipinski definition) is 3. The molecule has 0 N–H and O–H groups in total. The maximum atomic E-state index is 5.59. The van der Waals surface area contributed by atoms with E-state index in [1.807, 2.05) is 55.5 Å². The molecule has 0 spiro atoms. The molecule has 1 aromatic heterocycles. The molecule has 3 nitrogen and oxygen atoms in total. The maximum Gasteiger partial charge on any atom is 0.128 e. The van der Waals surface area contributed by atoms with Gasteiger partial charge in [-0.2, -0.15) is 0 Å². The Bertz CT molecular complexity index is 1090. The molecule has 144 valence electrons. The number of methoxy groups -OCH3 is 1. The van der Waals surface area contributed by atoms with Crippen LogP contribution >= 0.6 is 0 Å². The van der Waals surface area contributed by atoms with Gasteiger partial charge in [0, 0.05) is 5.56 Å². The molecule has 4 rings (SSSR count). The van der Waals surface area contributed by atoms with Crippen LogP contribution in [-0.2, 0) is 0 Å². The van der Waals surface area contributed by atoms with E-state index in [2.05, 4.69) is 36.4 Å². The highest BCUT2D eigenvalue weighted by Gasteiger charge is 2.16. The minimum absolute atomic E-state index is 0.792. The lowest BCUT2D eigenvalue weighted by Gasteiger charge is -2.15. The summed E-state index contributed by atoms with van der Waals surface area (Å²) in [6, 6.07) is 18.2. The summed E-state index contributed by atoms with van der Waals surface area (Å²) in [6.45, 7) is 2.02. The van der Waals surface area contributed by atoms with E-state index in [4.69, 9.17) is 14.7 Å². The summed E-state index contributed by atoms with van der Waals surface area (Å²) in [5, 5.41) is 0. The average molecular weight is 380 g/mol. The van der Waals surface area contributed by atoms with E-state index in [0.29, 0.717) is 0 Å². The van der Waals surface area contributed by atoms with Crippen LogP contribution in [0.1, 0.15) is 35.5 Å². The summed E-state index contributed by atoms with van der Waals surface area (Å²) in [7, 11) is 1.69. The Hall–Kier alpha value is -3.46. The number of aromatic nitrogens is 2. The first-order valence-corrected chi connectivity index (χ1v) is 9.88. The van der Waals surface area contributed by atoms with Crippen molar-refractivity contribution >= 4 is 17.7 Å². The van der Waals surface area contributed by atoms with Crippen LogP contribution in [0.5, 0.6) is 5.75 Å². The van der Waals surface area contributed by atoms with Gasteiger partial charge in [0.05, 0.1) is 29.9 Å². The number of allylic oxidation sites excluding steroid dienone is 4. The summed E-state index contributed by atoms with van der Waals surface area (Å²) in [5.74, 6) is 0.792. The molecule has 0 fully saturated rings. The van der Waals surface area contributed by atoms with Gasteiger partial charge in [0.1, 0.15) is 5.75 Å². The van der Waals surface area contributed by atoms with Crippen LogP contribution in [0.25, 0.3) is 29.0 Å². The molecule has 0 saturated carbocycles. The van der Waals surface area contributed by atoms with Gasteiger partial charge in [-0.15, -0.1) is 0 Å². The number of para-hydroxylation sites is 1. The quantitative estimate of drug-likeness (QED) is 0.516. The van der Waals surface area contributed by atoms with Gasteiger partial charge in [0.25, 0.3) is 0 Å². The fourth-order valence-corrected chi connectivity index (χ4v) is 3.49. The Kier molecular flexibility index (Phi) is 5.66. The SMILES string of the molecule is COc1ccccc1-c1nc(C)c(C2=CCCC=C2)nc1/C=C/c1ccccc1. The van der Waals surface area contributed by atoms with Crippen molar-refractivity contribution < 1.29 is 4.74 Å². The summed E-state index contributed by atoms with van der Waals surface area (Å²) in [6.07, 6.45) is 12.8. The van der Waals surface area contributed by atoms with Gasteiger partial charge in [-0.25, -0.2) is 9.97 Å². The molecule has 29 heavy (non-hydrogen) atoms. The van der Waals surface area contributed by atoms with Crippen molar-refractivity contribution in [3.05, 3.63) is 95.5 Å². The molecule has 1 aliphatic rings. The first kappa shape index (κ1) is 18.9. The third-order valence-corrected chi connectivity index (χ3v) is 4.96. The van der Waals surface area contributed by atoms with Crippen molar-refractivity contribution in [2.75, 3.05) is 7.11 Å². The number of nitrogens with zero attached hydrogens (tertiary/aromatic N) is 2. The van der Waals surface area contributed by atoms with Crippen molar-refractivity contribution in [2.24, 2.45) is 0 Å². The van der Waals surface area contributed by atoms with Crippen LogP contribution in [0.15, 0.2) is 72.8 Å². The zero-order valence-corrected chi connectivity index (χ0v) is 16.8.